The molecule has 12 heteroatoms. The minimum atomic E-state index is -0.752. The van der Waals surface area contributed by atoms with Crippen LogP contribution in [0.2, 0.25) is 0 Å². The van der Waals surface area contributed by atoms with Crippen LogP contribution in [0.5, 0.6) is 5.75 Å². The Labute approximate surface area is 204 Å². The topological polar surface area (TPSA) is 133 Å². The Morgan fingerprint density at radius 3 is 2.66 bits per heavy atom. The average Bonchev–Trinajstić information content (AvgIpc) is 2.85. The van der Waals surface area contributed by atoms with E-state index in [0.29, 0.717) is 12.8 Å². The van der Waals surface area contributed by atoms with E-state index in [1.54, 1.807) is 19.2 Å². The number of hydrazine groups is 1. The van der Waals surface area contributed by atoms with Crippen molar-refractivity contribution in [2.75, 3.05) is 40.4 Å². The fraction of sp³-hybridized carbons (Fsp3) is 0.478. The molecule has 12 nitrogen and oxygen atoms in total. The predicted molar refractivity (Wildman–Crippen MR) is 126 cm³/mol. The minimum absolute atomic E-state index is 0.0393. The molecule has 2 aliphatic rings. The van der Waals surface area contributed by atoms with Crippen molar-refractivity contribution >= 4 is 23.9 Å². The average molecular weight is 489 g/mol. The first kappa shape index (κ1) is 25.8. The van der Waals surface area contributed by atoms with Crippen molar-refractivity contribution in [1.82, 2.24) is 30.9 Å². The van der Waals surface area contributed by atoms with Gasteiger partial charge in [0.2, 0.25) is 11.8 Å². The second kappa shape index (κ2) is 12.1. The molecule has 2 atom stereocenters. The largest absolute Gasteiger partial charge is 0.497 e. The number of hydrogen-bond donors (Lipinski definition) is 3. The second-order valence-electron chi connectivity index (χ2n) is 8.17. The van der Waals surface area contributed by atoms with Crippen LogP contribution in [0.15, 0.2) is 36.9 Å². The molecule has 2 aliphatic heterocycles. The molecule has 3 rings (SSSR count). The van der Waals surface area contributed by atoms with Gasteiger partial charge in [-0.15, -0.1) is 0 Å². The molecule has 2 fully saturated rings. The lowest BCUT2D eigenvalue weighted by molar-refractivity contribution is -0.177. The van der Waals surface area contributed by atoms with Gasteiger partial charge in [0.25, 0.3) is 0 Å². The number of benzene rings is 1. The monoisotopic (exact) mass is 488 g/mol. The molecule has 35 heavy (non-hydrogen) atoms. The quantitative estimate of drug-likeness (QED) is 0.339. The molecule has 0 aromatic heterocycles. The summed E-state index contributed by atoms with van der Waals surface area (Å²) >= 11 is 0. The summed E-state index contributed by atoms with van der Waals surface area (Å²) in [5.41, 5.74) is 0.890. The number of urea groups is 1. The maximum atomic E-state index is 13.1. The number of rotatable bonds is 9. The highest BCUT2D eigenvalue weighted by Crippen LogP contribution is 2.24. The third kappa shape index (κ3) is 6.41. The van der Waals surface area contributed by atoms with Gasteiger partial charge in [-0.3, -0.25) is 9.59 Å². The van der Waals surface area contributed by atoms with E-state index < -0.39 is 18.3 Å². The first-order chi connectivity index (χ1) is 16.8. The Morgan fingerprint density at radius 2 is 1.97 bits per heavy atom. The lowest BCUT2D eigenvalue weighted by Gasteiger charge is -2.52. The van der Waals surface area contributed by atoms with E-state index in [9.17, 15) is 19.2 Å². The molecule has 0 saturated carbocycles. The normalized spacial score (nSPS) is 19.9. The Morgan fingerprint density at radius 1 is 1.23 bits per heavy atom. The van der Waals surface area contributed by atoms with Gasteiger partial charge in [0.05, 0.1) is 20.2 Å². The van der Waals surface area contributed by atoms with Crippen molar-refractivity contribution in [2.24, 2.45) is 0 Å². The number of fused-ring (bicyclic) bond motifs is 1. The minimum Gasteiger partial charge on any atom is -0.497 e. The number of carbonyl (C=O) groups is 4. The molecule has 190 valence electrons. The number of amides is 5. The van der Waals surface area contributed by atoms with E-state index in [-0.39, 0.29) is 50.6 Å². The molecular weight excluding hydrogens is 456 g/mol. The van der Waals surface area contributed by atoms with Crippen molar-refractivity contribution in [3.05, 3.63) is 42.5 Å². The van der Waals surface area contributed by atoms with Crippen molar-refractivity contribution in [1.29, 1.82) is 0 Å². The number of hydrogen-bond acceptors (Lipinski definition) is 7. The highest BCUT2D eigenvalue weighted by Gasteiger charge is 2.47. The van der Waals surface area contributed by atoms with E-state index in [2.05, 4.69) is 22.5 Å². The SMILES string of the molecule is C=CCOC(=O)NCCC[C@H]1C(=O)NCC2N1C(=O)CN(C)N2C(=O)NCc1ccc(OC)cc1. The van der Waals surface area contributed by atoms with E-state index >= 15 is 0 Å². The molecule has 0 radical (unpaired) electrons. The van der Waals surface area contributed by atoms with Crippen LogP contribution >= 0.6 is 0 Å². The van der Waals surface area contributed by atoms with Crippen LogP contribution in [0.1, 0.15) is 18.4 Å². The summed E-state index contributed by atoms with van der Waals surface area (Å²) in [7, 11) is 3.24. The zero-order chi connectivity index (χ0) is 25.4. The Balaban J connectivity index is 1.62. The molecule has 0 bridgehead atoms. The van der Waals surface area contributed by atoms with Gasteiger partial charge in [-0.05, 0) is 30.5 Å². The lowest BCUT2D eigenvalue weighted by atomic mass is 10.0. The third-order valence-corrected chi connectivity index (χ3v) is 5.79. The summed E-state index contributed by atoms with van der Waals surface area (Å²) < 4.78 is 10.0. The summed E-state index contributed by atoms with van der Waals surface area (Å²) in [5, 5.41) is 11.3. The zero-order valence-electron chi connectivity index (χ0n) is 20.0. The summed E-state index contributed by atoms with van der Waals surface area (Å²) in [6.45, 7) is 4.22. The van der Waals surface area contributed by atoms with E-state index in [0.717, 1.165) is 11.3 Å². The number of ether oxygens (including phenoxy) is 2. The number of nitrogens with one attached hydrogen (secondary N) is 3. The summed E-state index contributed by atoms with van der Waals surface area (Å²) in [4.78, 5) is 51.7. The molecule has 0 spiro atoms. The van der Waals surface area contributed by atoms with E-state index in [1.807, 2.05) is 24.3 Å². The molecule has 2 heterocycles. The smallest absolute Gasteiger partial charge is 0.407 e. The highest BCUT2D eigenvalue weighted by molar-refractivity contribution is 5.91. The van der Waals surface area contributed by atoms with Crippen LogP contribution in [-0.4, -0.2) is 91.5 Å². The van der Waals surface area contributed by atoms with Crippen LogP contribution in [0.4, 0.5) is 9.59 Å². The molecule has 5 amide bonds. The lowest BCUT2D eigenvalue weighted by Crippen LogP contribution is -2.75. The number of piperazine rings is 1. The summed E-state index contributed by atoms with van der Waals surface area (Å²) in [6, 6.07) is 6.19. The maximum Gasteiger partial charge on any atom is 0.407 e. The van der Waals surface area contributed by atoms with Gasteiger partial charge in [0.15, 0.2) is 0 Å². The molecular formula is C23H32N6O6. The van der Waals surface area contributed by atoms with Crippen LogP contribution in [0.3, 0.4) is 0 Å². The maximum absolute atomic E-state index is 13.1. The molecule has 3 N–H and O–H groups in total. The van der Waals surface area contributed by atoms with Crippen molar-refractivity contribution in [2.45, 2.75) is 31.6 Å². The fourth-order valence-corrected chi connectivity index (χ4v) is 4.10. The molecule has 2 saturated heterocycles. The van der Waals surface area contributed by atoms with Crippen molar-refractivity contribution < 1.29 is 28.7 Å². The summed E-state index contributed by atoms with van der Waals surface area (Å²) in [5.74, 6) is 0.194. The van der Waals surface area contributed by atoms with Crippen LogP contribution in [0.25, 0.3) is 0 Å². The predicted octanol–water partition coefficient (Wildman–Crippen LogP) is 0.413. The van der Waals surface area contributed by atoms with Crippen LogP contribution in [0, 0.1) is 0 Å². The third-order valence-electron chi connectivity index (χ3n) is 5.79. The van der Waals surface area contributed by atoms with Crippen molar-refractivity contribution in [3.8, 4) is 5.75 Å². The van der Waals surface area contributed by atoms with Gasteiger partial charge in [0, 0.05) is 20.1 Å². The highest BCUT2D eigenvalue weighted by atomic mass is 16.5. The zero-order valence-corrected chi connectivity index (χ0v) is 20.0. The fourth-order valence-electron chi connectivity index (χ4n) is 4.10. The number of carbonyl (C=O) groups excluding carboxylic acids is 4. The van der Waals surface area contributed by atoms with Crippen LogP contribution in [-0.2, 0) is 20.9 Å². The molecule has 0 aliphatic carbocycles. The number of methoxy groups -OCH3 is 1. The Bertz CT molecular complexity index is 939. The molecule has 1 unspecified atom stereocenters. The van der Waals surface area contributed by atoms with Gasteiger partial charge in [0.1, 0.15) is 24.6 Å². The summed E-state index contributed by atoms with van der Waals surface area (Å²) in [6.07, 6.45) is 0.985. The molecule has 1 aromatic rings. The first-order valence-corrected chi connectivity index (χ1v) is 11.4. The number of likely N-dealkylation sites (N-methyl/N-ethyl adjacent to an activating group) is 1. The Hall–Kier alpha value is -3.80. The number of alkyl carbamates (subject to hydrolysis) is 1. The van der Waals surface area contributed by atoms with Gasteiger partial charge >= 0.3 is 12.1 Å². The second-order valence-corrected chi connectivity index (χ2v) is 8.17. The first-order valence-electron chi connectivity index (χ1n) is 11.4. The Kier molecular flexibility index (Phi) is 8.90. The standard InChI is InChI=1S/C23H32N6O6/c1-4-12-35-23(33)24-11-5-6-18-21(31)25-14-19-28(18)20(30)15-27(2)29(19)22(32)26-13-16-7-9-17(34-3)10-8-16/h4,7-10,18-19H,1,5-6,11-15H2,2-3H3,(H,24,33)(H,25,31)(H,26,32)/t18-,19?/m0/s1. The van der Waals surface area contributed by atoms with Gasteiger partial charge < -0.3 is 30.3 Å². The van der Waals surface area contributed by atoms with Gasteiger partial charge in [-0.2, -0.15) is 0 Å². The van der Waals surface area contributed by atoms with E-state index in [4.69, 9.17) is 9.47 Å². The number of nitrogens with zero attached hydrogens (tertiary/aromatic N) is 3. The van der Waals surface area contributed by atoms with E-state index in [1.165, 1.54) is 16.0 Å². The van der Waals surface area contributed by atoms with Gasteiger partial charge in [-0.1, -0.05) is 24.8 Å². The van der Waals surface area contributed by atoms with Crippen molar-refractivity contribution in [3.63, 3.8) is 0 Å². The van der Waals surface area contributed by atoms with Crippen LogP contribution < -0.4 is 20.7 Å². The van der Waals surface area contributed by atoms with Gasteiger partial charge in [-0.25, -0.2) is 19.6 Å². The molecule has 1 aromatic carbocycles.